The van der Waals surface area contributed by atoms with Crippen molar-refractivity contribution in [1.82, 2.24) is 0 Å². The van der Waals surface area contributed by atoms with Gasteiger partial charge in [0, 0.05) is 13.2 Å². The molecule has 0 aromatic carbocycles. The fourth-order valence-corrected chi connectivity index (χ4v) is 5.33. The summed E-state index contributed by atoms with van der Waals surface area (Å²) >= 11 is 0. The highest BCUT2D eigenvalue weighted by atomic mass is 16.7. The highest BCUT2D eigenvalue weighted by Gasteiger charge is 2.14. The molecule has 0 aliphatic rings. The molecule has 0 heterocycles. The van der Waals surface area contributed by atoms with Crippen molar-refractivity contribution >= 4 is 5.97 Å². The zero-order valence-electron chi connectivity index (χ0n) is 26.7. The monoisotopic (exact) mass is 555 g/mol. The zero-order chi connectivity index (χ0) is 28.5. The number of unbranched alkanes of at least 4 members (excludes halogenated alkanes) is 26. The van der Waals surface area contributed by atoms with Crippen molar-refractivity contribution < 1.29 is 19.4 Å². The fourth-order valence-electron chi connectivity index (χ4n) is 5.33. The van der Waals surface area contributed by atoms with E-state index >= 15 is 0 Å². The molecule has 39 heavy (non-hydrogen) atoms. The van der Waals surface area contributed by atoms with Crippen LogP contribution in [0.2, 0.25) is 0 Å². The summed E-state index contributed by atoms with van der Waals surface area (Å²) in [6.45, 7) is 5.77. The topological polar surface area (TPSA) is 55.8 Å². The Kier molecular flexibility index (Phi) is 33.1. The van der Waals surface area contributed by atoms with Gasteiger partial charge in [-0.25, -0.2) is 0 Å². The first-order valence-corrected chi connectivity index (χ1v) is 17.7. The first kappa shape index (κ1) is 38.4. The third-order valence-electron chi connectivity index (χ3n) is 7.94. The number of hydrogen-bond acceptors (Lipinski definition) is 3. The van der Waals surface area contributed by atoms with Crippen molar-refractivity contribution in [3.63, 3.8) is 0 Å². The quantitative estimate of drug-likeness (QED) is 0.0634. The average molecular weight is 555 g/mol. The van der Waals surface area contributed by atoms with Gasteiger partial charge in [-0.15, -0.1) is 0 Å². The Balaban J connectivity index is 3.48. The molecule has 0 aliphatic carbocycles. The van der Waals surface area contributed by atoms with Gasteiger partial charge in [-0.3, -0.25) is 4.79 Å². The van der Waals surface area contributed by atoms with E-state index in [0.29, 0.717) is 13.2 Å². The normalized spacial score (nSPS) is 11.6. The summed E-state index contributed by atoms with van der Waals surface area (Å²) in [4.78, 5) is 11.2. The average Bonchev–Trinajstić information content (AvgIpc) is 2.92. The molecule has 234 valence electrons. The van der Waals surface area contributed by atoms with E-state index in [4.69, 9.17) is 9.47 Å². The van der Waals surface area contributed by atoms with Crippen LogP contribution in [0.15, 0.2) is 0 Å². The summed E-state index contributed by atoms with van der Waals surface area (Å²) in [6.07, 6.45) is 36.7. The van der Waals surface area contributed by atoms with E-state index in [1.165, 1.54) is 154 Å². The Hall–Kier alpha value is -0.610. The first-order chi connectivity index (χ1) is 19.2. The van der Waals surface area contributed by atoms with Gasteiger partial charge in [-0.1, -0.05) is 181 Å². The lowest BCUT2D eigenvalue weighted by atomic mass is 10.0. The van der Waals surface area contributed by atoms with Gasteiger partial charge in [0.1, 0.15) is 0 Å². The molecule has 0 unspecified atom stereocenters. The van der Waals surface area contributed by atoms with Gasteiger partial charge in [0.05, 0.1) is 6.42 Å². The van der Waals surface area contributed by atoms with E-state index in [2.05, 4.69) is 13.8 Å². The van der Waals surface area contributed by atoms with E-state index in [0.717, 1.165) is 25.7 Å². The predicted molar refractivity (Wildman–Crippen MR) is 169 cm³/mol. The van der Waals surface area contributed by atoms with E-state index in [-0.39, 0.29) is 6.42 Å². The lowest BCUT2D eigenvalue weighted by molar-refractivity contribution is -0.167. The van der Waals surface area contributed by atoms with Crippen LogP contribution in [0.5, 0.6) is 0 Å². The number of aliphatic carboxylic acids is 1. The van der Waals surface area contributed by atoms with Crippen molar-refractivity contribution in [2.75, 3.05) is 13.2 Å². The van der Waals surface area contributed by atoms with E-state index in [1.54, 1.807) is 0 Å². The molecule has 0 rings (SSSR count). The lowest BCUT2D eigenvalue weighted by Gasteiger charge is -2.17. The molecule has 0 fully saturated rings. The minimum Gasteiger partial charge on any atom is -0.481 e. The molecule has 4 heteroatoms. The van der Waals surface area contributed by atoms with Crippen molar-refractivity contribution in [3.8, 4) is 0 Å². The summed E-state index contributed by atoms with van der Waals surface area (Å²) in [5.41, 5.74) is 0. The second kappa shape index (κ2) is 33.6. The molecule has 0 spiro atoms. The van der Waals surface area contributed by atoms with Gasteiger partial charge in [-0.2, -0.15) is 0 Å². The van der Waals surface area contributed by atoms with E-state index in [9.17, 15) is 9.90 Å². The third-order valence-corrected chi connectivity index (χ3v) is 7.94. The summed E-state index contributed by atoms with van der Waals surface area (Å²) in [5.74, 6) is -0.845. The van der Waals surface area contributed by atoms with Crippen LogP contribution in [-0.4, -0.2) is 30.6 Å². The summed E-state index contributed by atoms with van der Waals surface area (Å²) in [5, 5.41) is 9.17. The van der Waals surface area contributed by atoms with Crippen LogP contribution < -0.4 is 0 Å². The highest BCUT2D eigenvalue weighted by molar-refractivity contribution is 5.67. The maximum absolute atomic E-state index is 11.2. The van der Waals surface area contributed by atoms with Crippen LogP contribution in [0.4, 0.5) is 0 Å². The van der Waals surface area contributed by atoms with Crippen LogP contribution in [0.3, 0.4) is 0 Å². The van der Waals surface area contributed by atoms with E-state index < -0.39 is 12.3 Å². The highest BCUT2D eigenvalue weighted by Crippen LogP contribution is 2.15. The van der Waals surface area contributed by atoms with Crippen molar-refractivity contribution in [3.05, 3.63) is 0 Å². The van der Waals surface area contributed by atoms with Crippen molar-refractivity contribution in [2.45, 2.75) is 206 Å². The number of carboxylic acids is 1. The zero-order valence-corrected chi connectivity index (χ0v) is 26.7. The molecule has 1 N–H and O–H groups in total. The second-order valence-electron chi connectivity index (χ2n) is 12.0. The molecular weight excluding hydrogens is 484 g/mol. The maximum Gasteiger partial charge on any atom is 0.308 e. The van der Waals surface area contributed by atoms with E-state index in [1.807, 2.05) is 0 Å². The SMILES string of the molecule is CCCCCCCCCCCCCCCCOC(CC(=O)O)OCCCCCCCCCCCCCCCC. The molecule has 0 atom stereocenters. The predicted octanol–water partition coefficient (Wildman–Crippen LogP) is 11.8. The molecule has 4 nitrogen and oxygen atoms in total. The molecule has 0 saturated carbocycles. The van der Waals surface area contributed by atoms with Gasteiger partial charge in [0.2, 0.25) is 0 Å². The number of hydrogen-bond donors (Lipinski definition) is 1. The molecule has 0 amide bonds. The van der Waals surface area contributed by atoms with Gasteiger partial charge in [0.25, 0.3) is 0 Å². The summed E-state index contributed by atoms with van der Waals surface area (Å²) in [7, 11) is 0. The van der Waals surface area contributed by atoms with Crippen LogP contribution in [0.25, 0.3) is 0 Å². The van der Waals surface area contributed by atoms with Gasteiger partial charge in [0.15, 0.2) is 6.29 Å². The summed E-state index contributed by atoms with van der Waals surface area (Å²) in [6, 6.07) is 0. The lowest BCUT2D eigenvalue weighted by Crippen LogP contribution is -2.22. The fraction of sp³-hybridized carbons (Fsp3) is 0.971. The van der Waals surface area contributed by atoms with Crippen LogP contribution in [0.1, 0.15) is 200 Å². The molecule has 0 aromatic rings. The van der Waals surface area contributed by atoms with Crippen LogP contribution >= 0.6 is 0 Å². The van der Waals surface area contributed by atoms with Gasteiger partial charge < -0.3 is 14.6 Å². The summed E-state index contributed by atoms with van der Waals surface area (Å²) < 4.78 is 11.6. The Labute approximate surface area is 244 Å². The Bertz CT molecular complexity index is 434. The Morgan fingerprint density at radius 3 is 0.897 bits per heavy atom. The molecule has 0 radical (unpaired) electrons. The Morgan fingerprint density at radius 1 is 0.436 bits per heavy atom. The number of rotatable bonds is 34. The molecule has 0 bridgehead atoms. The third kappa shape index (κ3) is 33.5. The minimum atomic E-state index is -0.845. The minimum absolute atomic E-state index is 0.0583. The van der Waals surface area contributed by atoms with Crippen molar-refractivity contribution in [2.24, 2.45) is 0 Å². The smallest absolute Gasteiger partial charge is 0.308 e. The van der Waals surface area contributed by atoms with Crippen molar-refractivity contribution in [1.29, 1.82) is 0 Å². The molecular formula is C35H70O4. The second-order valence-corrected chi connectivity index (χ2v) is 12.0. The largest absolute Gasteiger partial charge is 0.481 e. The standard InChI is InChI=1S/C35H70O4/c1-3-5-7-9-11-13-15-17-19-21-23-25-27-29-31-38-35(33-34(36)37)39-32-30-28-26-24-22-20-18-16-14-12-10-8-6-4-2/h35H,3-33H2,1-2H3,(H,36,37). The molecule has 0 aromatic heterocycles. The Morgan fingerprint density at radius 2 is 0.667 bits per heavy atom. The first-order valence-electron chi connectivity index (χ1n) is 17.7. The molecule has 0 aliphatic heterocycles. The maximum atomic E-state index is 11.2. The number of carboxylic acid groups (broad SMARTS) is 1. The van der Waals surface area contributed by atoms with Gasteiger partial charge >= 0.3 is 5.97 Å². The van der Waals surface area contributed by atoms with Gasteiger partial charge in [-0.05, 0) is 12.8 Å². The number of ether oxygens (including phenoxy) is 2. The molecule has 0 saturated heterocycles. The van der Waals surface area contributed by atoms with Crippen LogP contribution in [0, 0.1) is 0 Å². The van der Waals surface area contributed by atoms with Crippen LogP contribution in [-0.2, 0) is 14.3 Å². The number of carbonyl (C=O) groups is 1.